The van der Waals surface area contributed by atoms with E-state index in [0.29, 0.717) is 16.6 Å². The van der Waals surface area contributed by atoms with Gasteiger partial charge in [-0.15, -0.1) is 0 Å². The van der Waals surface area contributed by atoms with Crippen LogP contribution in [0.3, 0.4) is 0 Å². The molecule has 0 unspecified atom stereocenters. The van der Waals surface area contributed by atoms with Crippen LogP contribution in [0.5, 0.6) is 0 Å². The molecule has 0 aromatic heterocycles. The van der Waals surface area contributed by atoms with Crippen LogP contribution in [0, 0.1) is 17.0 Å². The van der Waals surface area contributed by atoms with Crippen LogP contribution in [0.25, 0.3) is 0 Å². The van der Waals surface area contributed by atoms with Gasteiger partial charge in [0.15, 0.2) is 0 Å². The third kappa shape index (κ3) is 3.79. The second kappa shape index (κ2) is 6.52. The Morgan fingerprint density at radius 3 is 2.43 bits per heavy atom. The van der Waals surface area contributed by atoms with Gasteiger partial charge in [0.05, 0.1) is 15.0 Å². The molecule has 0 saturated carbocycles. The predicted octanol–water partition coefficient (Wildman–Crippen LogP) is 5.48. The summed E-state index contributed by atoms with van der Waals surface area (Å²) in [6.07, 6.45) is 0. The fraction of sp³-hybridized carbons (Fsp3) is 0.143. The number of nitrogens with one attached hydrogen (secondary N) is 1. The van der Waals surface area contributed by atoms with Crippen LogP contribution in [0.1, 0.15) is 11.1 Å². The van der Waals surface area contributed by atoms with Crippen molar-refractivity contribution < 1.29 is 4.92 Å². The molecule has 21 heavy (non-hydrogen) atoms. The molecule has 2 aromatic rings. The summed E-state index contributed by atoms with van der Waals surface area (Å²) >= 11 is 17.7. The summed E-state index contributed by atoms with van der Waals surface area (Å²) in [6.45, 7) is 2.28. The number of hydrogen-bond donors (Lipinski definition) is 1. The molecule has 0 amide bonds. The molecule has 2 aromatic carbocycles. The van der Waals surface area contributed by atoms with Gasteiger partial charge in [-0.3, -0.25) is 10.1 Å². The zero-order valence-corrected chi connectivity index (χ0v) is 13.3. The van der Waals surface area contributed by atoms with Crippen molar-refractivity contribution in [2.45, 2.75) is 13.5 Å². The van der Waals surface area contributed by atoms with Gasteiger partial charge in [0.25, 0.3) is 5.69 Å². The van der Waals surface area contributed by atoms with Crippen molar-refractivity contribution >= 4 is 46.2 Å². The lowest BCUT2D eigenvalue weighted by Gasteiger charge is -2.11. The molecule has 0 bridgehead atoms. The second-order valence-corrected chi connectivity index (χ2v) is 5.70. The summed E-state index contributed by atoms with van der Waals surface area (Å²) < 4.78 is 0. The molecular weight excluding hydrogens is 335 g/mol. The first-order valence-corrected chi connectivity index (χ1v) is 7.14. The molecule has 4 nitrogen and oxygen atoms in total. The van der Waals surface area contributed by atoms with E-state index in [9.17, 15) is 10.1 Å². The number of anilines is 1. The van der Waals surface area contributed by atoms with Gasteiger partial charge in [-0.05, 0) is 36.2 Å². The molecule has 2 rings (SSSR count). The minimum absolute atomic E-state index is 0.0993. The van der Waals surface area contributed by atoms with Crippen LogP contribution in [-0.4, -0.2) is 4.92 Å². The van der Waals surface area contributed by atoms with E-state index < -0.39 is 4.92 Å². The van der Waals surface area contributed by atoms with E-state index in [-0.39, 0.29) is 10.7 Å². The van der Waals surface area contributed by atoms with Crippen molar-refractivity contribution in [2.24, 2.45) is 0 Å². The van der Waals surface area contributed by atoms with Crippen LogP contribution in [0.2, 0.25) is 15.1 Å². The highest BCUT2D eigenvalue weighted by Gasteiger charge is 2.14. The fourth-order valence-electron chi connectivity index (χ4n) is 1.84. The third-order valence-electron chi connectivity index (χ3n) is 2.96. The molecule has 0 fully saturated rings. The van der Waals surface area contributed by atoms with Crippen molar-refractivity contribution in [2.75, 3.05) is 5.32 Å². The monoisotopic (exact) mass is 344 g/mol. The smallest absolute Gasteiger partial charge is 0.288 e. The number of nitro benzene ring substituents is 1. The van der Waals surface area contributed by atoms with Gasteiger partial charge in [0, 0.05) is 18.3 Å². The van der Waals surface area contributed by atoms with Gasteiger partial charge in [0.1, 0.15) is 5.02 Å². The Kier molecular flexibility index (Phi) is 4.93. The maximum atomic E-state index is 10.8. The lowest BCUT2D eigenvalue weighted by molar-refractivity contribution is -0.384. The van der Waals surface area contributed by atoms with Crippen molar-refractivity contribution in [3.8, 4) is 0 Å². The highest BCUT2D eigenvalue weighted by molar-refractivity contribution is 6.42. The zero-order chi connectivity index (χ0) is 15.6. The number of nitrogens with zero attached hydrogens (tertiary/aromatic N) is 1. The first-order chi connectivity index (χ1) is 9.88. The van der Waals surface area contributed by atoms with E-state index in [1.54, 1.807) is 25.1 Å². The maximum Gasteiger partial charge on any atom is 0.288 e. The van der Waals surface area contributed by atoms with E-state index in [1.807, 2.05) is 6.07 Å². The van der Waals surface area contributed by atoms with Gasteiger partial charge in [-0.2, -0.15) is 0 Å². The largest absolute Gasteiger partial charge is 0.381 e. The van der Waals surface area contributed by atoms with Crippen LogP contribution in [0.15, 0.2) is 30.3 Å². The Labute approximate surface area is 136 Å². The minimum atomic E-state index is -0.502. The van der Waals surface area contributed by atoms with Gasteiger partial charge in [-0.1, -0.05) is 40.9 Å². The molecule has 0 heterocycles. The summed E-state index contributed by atoms with van der Waals surface area (Å²) in [5, 5.41) is 15.1. The van der Waals surface area contributed by atoms with Crippen molar-refractivity contribution in [1.29, 1.82) is 0 Å². The number of rotatable bonds is 4. The zero-order valence-electron chi connectivity index (χ0n) is 11.0. The lowest BCUT2D eigenvalue weighted by atomic mass is 10.1. The van der Waals surface area contributed by atoms with Crippen LogP contribution < -0.4 is 5.32 Å². The van der Waals surface area contributed by atoms with Crippen LogP contribution in [0.4, 0.5) is 11.4 Å². The van der Waals surface area contributed by atoms with Gasteiger partial charge in [0.2, 0.25) is 0 Å². The molecule has 0 aliphatic heterocycles. The third-order valence-corrected chi connectivity index (χ3v) is 4.00. The van der Waals surface area contributed by atoms with Gasteiger partial charge >= 0.3 is 0 Å². The summed E-state index contributed by atoms with van der Waals surface area (Å²) in [5.41, 5.74) is 2.32. The van der Waals surface area contributed by atoms with Gasteiger partial charge in [-0.25, -0.2) is 0 Å². The maximum absolute atomic E-state index is 10.8. The van der Waals surface area contributed by atoms with E-state index in [4.69, 9.17) is 34.8 Å². The van der Waals surface area contributed by atoms with E-state index >= 15 is 0 Å². The van der Waals surface area contributed by atoms with Crippen LogP contribution in [-0.2, 0) is 6.54 Å². The number of aryl methyl sites for hydroxylation is 1. The molecular formula is C14H11Cl3N2O2. The van der Waals surface area contributed by atoms with E-state index in [2.05, 4.69) is 5.32 Å². The molecule has 1 N–H and O–H groups in total. The molecule has 7 heteroatoms. The van der Waals surface area contributed by atoms with Crippen LogP contribution >= 0.6 is 34.8 Å². The van der Waals surface area contributed by atoms with Crippen molar-refractivity contribution in [3.63, 3.8) is 0 Å². The Hall–Kier alpha value is -1.49. The fourth-order valence-corrected chi connectivity index (χ4v) is 2.40. The first kappa shape index (κ1) is 15.9. The SMILES string of the molecule is Cc1cc([N+](=O)[O-])c(Cl)cc1NCc1ccc(Cl)c(Cl)c1. The second-order valence-electron chi connectivity index (χ2n) is 4.48. The summed E-state index contributed by atoms with van der Waals surface area (Å²) in [5.74, 6) is 0. The number of benzene rings is 2. The van der Waals surface area contributed by atoms with Gasteiger partial charge < -0.3 is 5.32 Å². The number of halogens is 3. The van der Waals surface area contributed by atoms with E-state index in [0.717, 1.165) is 16.8 Å². The Morgan fingerprint density at radius 2 is 1.81 bits per heavy atom. The first-order valence-electron chi connectivity index (χ1n) is 6.01. The number of hydrogen-bond acceptors (Lipinski definition) is 3. The molecule has 110 valence electrons. The Balaban J connectivity index is 2.18. The number of nitro groups is 1. The Morgan fingerprint density at radius 1 is 1.10 bits per heavy atom. The normalized spacial score (nSPS) is 10.5. The molecule has 0 radical (unpaired) electrons. The molecule has 0 saturated heterocycles. The minimum Gasteiger partial charge on any atom is -0.381 e. The average molecular weight is 346 g/mol. The van der Waals surface area contributed by atoms with Crippen molar-refractivity contribution in [1.82, 2.24) is 0 Å². The Bertz CT molecular complexity index is 705. The van der Waals surface area contributed by atoms with E-state index in [1.165, 1.54) is 6.07 Å². The lowest BCUT2D eigenvalue weighted by Crippen LogP contribution is -2.02. The topological polar surface area (TPSA) is 55.2 Å². The molecule has 0 spiro atoms. The summed E-state index contributed by atoms with van der Waals surface area (Å²) in [7, 11) is 0. The average Bonchev–Trinajstić information content (AvgIpc) is 2.42. The summed E-state index contributed by atoms with van der Waals surface area (Å²) in [6, 6.07) is 8.32. The highest BCUT2D eigenvalue weighted by atomic mass is 35.5. The summed E-state index contributed by atoms with van der Waals surface area (Å²) in [4.78, 5) is 10.3. The highest BCUT2D eigenvalue weighted by Crippen LogP contribution is 2.31. The molecule has 0 atom stereocenters. The standard InChI is InChI=1S/C14H11Cl3N2O2/c1-8-4-14(19(20)21)12(17)6-13(8)18-7-9-2-3-10(15)11(16)5-9/h2-6,18H,7H2,1H3. The molecule has 0 aliphatic carbocycles. The predicted molar refractivity (Wildman–Crippen MR) is 86.6 cm³/mol. The quantitative estimate of drug-likeness (QED) is 0.590. The van der Waals surface area contributed by atoms with Crippen molar-refractivity contribution in [3.05, 3.63) is 66.6 Å². The molecule has 0 aliphatic rings.